The number of rotatable bonds is 2. The maximum atomic E-state index is 12.9. The number of fused-ring (bicyclic) bond motifs is 1. The van der Waals surface area contributed by atoms with Gasteiger partial charge in [-0.2, -0.15) is 22.0 Å². The van der Waals surface area contributed by atoms with E-state index in [1.54, 1.807) is 0 Å². The number of ketones is 1. The summed E-state index contributed by atoms with van der Waals surface area (Å²) in [7, 11) is 0. The Kier molecular flexibility index (Phi) is 2.83. The summed E-state index contributed by atoms with van der Waals surface area (Å²) in [6, 6.07) is 1.23. The molecule has 2 rings (SSSR count). The molecule has 0 aliphatic heterocycles. The monoisotopic (exact) mass is 279 g/mol. The van der Waals surface area contributed by atoms with Gasteiger partial charge in [-0.25, -0.2) is 0 Å². The smallest absolute Gasteiger partial charge is 0.461 e. The van der Waals surface area contributed by atoms with E-state index in [2.05, 4.69) is 4.98 Å². The molecule has 1 heterocycles. The normalized spacial score (nSPS) is 15.6. The summed E-state index contributed by atoms with van der Waals surface area (Å²) in [5.41, 5.74) is -0.692. The molecule has 0 radical (unpaired) electrons. The fourth-order valence-corrected chi connectivity index (χ4v) is 1.74. The van der Waals surface area contributed by atoms with E-state index >= 15 is 0 Å². The van der Waals surface area contributed by atoms with Crippen LogP contribution < -0.4 is 0 Å². The van der Waals surface area contributed by atoms with Crippen LogP contribution in [-0.2, 0) is 11.2 Å². The van der Waals surface area contributed by atoms with E-state index in [4.69, 9.17) is 0 Å². The number of carbonyl (C=O) groups excluding carboxylic acids is 1. The van der Waals surface area contributed by atoms with Crippen LogP contribution >= 0.6 is 0 Å². The van der Waals surface area contributed by atoms with Crippen molar-refractivity contribution >= 4 is 11.5 Å². The molecule has 0 saturated carbocycles. The molecule has 1 N–H and O–H groups in total. The van der Waals surface area contributed by atoms with Crippen molar-refractivity contribution in [3.05, 3.63) is 35.2 Å². The number of carbonyl (C=O) groups is 1. The van der Waals surface area contributed by atoms with Crippen molar-refractivity contribution in [1.29, 1.82) is 0 Å². The van der Waals surface area contributed by atoms with Crippen molar-refractivity contribution in [2.45, 2.75) is 18.5 Å². The minimum Gasteiger partial charge on any atom is -0.507 e. The number of alkyl halides is 5. The van der Waals surface area contributed by atoms with E-state index in [1.807, 2.05) is 0 Å². The zero-order valence-electron chi connectivity index (χ0n) is 9.13. The Morgan fingerprint density at radius 2 is 1.89 bits per heavy atom. The van der Waals surface area contributed by atoms with Gasteiger partial charge < -0.3 is 5.11 Å². The number of aromatic nitrogens is 1. The first-order chi connectivity index (χ1) is 8.66. The predicted octanol–water partition coefficient (Wildman–Crippen LogP) is 2.67. The van der Waals surface area contributed by atoms with Crippen LogP contribution in [0.1, 0.15) is 11.1 Å². The molecular weight excluding hydrogens is 273 g/mol. The highest BCUT2D eigenvalue weighted by Gasteiger charge is 2.64. The maximum absolute atomic E-state index is 12.9. The van der Waals surface area contributed by atoms with Gasteiger partial charge in [0.25, 0.3) is 0 Å². The molecule has 19 heavy (non-hydrogen) atoms. The molecule has 0 fully saturated rings. The molecule has 1 aromatic heterocycles. The highest BCUT2D eigenvalue weighted by Crippen LogP contribution is 2.41. The number of hydrogen-bond acceptors (Lipinski definition) is 3. The van der Waals surface area contributed by atoms with Gasteiger partial charge in [-0.05, 0) is 11.6 Å². The first-order valence-electron chi connectivity index (χ1n) is 5.01. The third-order valence-electron chi connectivity index (χ3n) is 2.73. The van der Waals surface area contributed by atoms with Crippen LogP contribution in [0.4, 0.5) is 22.0 Å². The highest BCUT2D eigenvalue weighted by atomic mass is 19.4. The minimum absolute atomic E-state index is 0.0383. The van der Waals surface area contributed by atoms with Crippen LogP contribution in [0.25, 0.3) is 5.76 Å². The second-order valence-electron chi connectivity index (χ2n) is 3.94. The Labute approximate surface area is 103 Å². The number of allylic oxidation sites excluding steroid dienone is 1. The molecule has 8 heteroatoms. The minimum atomic E-state index is -6.00. The predicted molar refractivity (Wildman–Crippen MR) is 53.5 cm³/mol. The van der Waals surface area contributed by atoms with E-state index in [1.165, 1.54) is 18.5 Å². The summed E-state index contributed by atoms with van der Waals surface area (Å²) in [5.74, 6) is -8.81. The first kappa shape index (κ1) is 13.4. The summed E-state index contributed by atoms with van der Waals surface area (Å²) in [5, 5.41) is 9.57. The second kappa shape index (κ2) is 4.01. The van der Waals surface area contributed by atoms with Gasteiger partial charge >= 0.3 is 12.1 Å². The van der Waals surface area contributed by atoms with Crippen molar-refractivity contribution in [2.75, 3.05) is 0 Å². The van der Waals surface area contributed by atoms with E-state index in [9.17, 15) is 31.9 Å². The molecule has 0 bridgehead atoms. The Balaban J connectivity index is 2.42. The van der Waals surface area contributed by atoms with E-state index < -0.39 is 35.6 Å². The van der Waals surface area contributed by atoms with Gasteiger partial charge in [-0.15, -0.1) is 0 Å². The van der Waals surface area contributed by atoms with Crippen molar-refractivity contribution < 1.29 is 31.9 Å². The van der Waals surface area contributed by atoms with Gasteiger partial charge in [0.1, 0.15) is 5.76 Å². The molecule has 3 nitrogen and oxygen atoms in total. The molecule has 0 spiro atoms. The van der Waals surface area contributed by atoms with Gasteiger partial charge in [-0.1, -0.05) is 0 Å². The lowest BCUT2D eigenvalue weighted by atomic mass is 10.0. The van der Waals surface area contributed by atoms with E-state index in [-0.39, 0.29) is 11.1 Å². The van der Waals surface area contributed by atoms with Crippen LogP contribution in [0.2, 0.25) is 0 Å². The largest absolute Gasteiger partial charge is 0.507 e. The summed E-state index contributed by atoms with van der Waals surface area (Å²) >= 11 is 0. The van der Waals surface area contributed by atoms with Gasteiger partial charge in [0.2, 0.25) is 5.78 Å². The van der Waals surface area contributed by atoms with E-state index in [0.29, 0.717) is 0 Å². The third-order valence-corrected chi connectivity index (χ3v) is 2.73. The van der Waals surface area contributed by atoms with E-state index in [0.717, 1.165) is 0 Å². The lowest BCUT2D eigenvalue weighted by Gasteiger charge is -2.18. The SMILES string of the molecule is O=C(C1=C(O)c2ccncc2C1)C(F)(F)C(F)(F)F. The van der Waals surface area contributed by atoms with Crippen molar-refractivity contribution in [3.8, 4) is 0 Å². The van der Waals surface area contributed by atoms with Crippen molar-refractivity contribution in [2.24, 2.45) is 0 Å². The summed E-state index contributed by atoms with van der Waals surface area (Å²) in [4.78, 5) is 14.9. The molecule has 0 atom stereocenters. The highest BCUT2D eigenvalue weighted by molar-refractivity contribution is 6.08. The quantitative estimate of drug-likeness (QED) is 0.847. The summed E-state index contributed by atoms with van der Waals surface area (Å²) in [6.07, 6.45) is -4.08. The Hall–Kier alpha value is -1.99. The maximum Gasteiger partial charge on any atom is 0.461 e. The average molecular weight is 279 g/mol. The Bertz CT molecular complexity index is 577. The molecule has 1 aliphatic carbocycles. The topological polar surface area (TPSA) is 50.2 Å². The molecule has 0 aromatic carbocycles. The number of aliphatic hydroxyl groups excluding tert-OH is 1. The molecular formula is C11H6F5NO2. The Morgan fingerprint density at radius 1 is 1.26 bits per heavy atom. The van der Waals surface area contributed by atoms with Gasteiger partial charge in [-0.3, -0.25) is 9.78 Å². The van der Waals surface area contributed by atoms with Crippen molar-refractivity contribution in [3.63, 3.8) is 0 Å². The molecule has 0 saturated heterocycles. The second-order valence-corrected chi connectivity index (χ2v) is 3.94. The Morgan fingerprint density at radius 3 is 2.42 bits per heavy atom. The molecule has 0 amide bonds. The van der Waals surface area contributed by atoms with Crippen LogP contribution in [0.15, 0.2) is 24.0 Å². The van der Waals surface area contributed by atoms with Gasteiger partial charge in [0, 0.05) is 30.0 Å². The third kappa shape index (κ3) is 1.96. The molecule has 1 aliphatic rings. The number of hydrogen-bond donors (Lipinski definition) is 1. The number of aliphatic hydroxyl groups is 1. The fourth-order valence-electron chi connectivity index (χ4n) is 1.74. The number of Topliss-reactive ketones (excluding diaryl/α,β-unsaturated/α-hetero) is 1. The molecule has 102 valence electrons. The van der Waals surface area contributed by atoms with Crippen molar-refractivity contribution in [1.82, 2.24) is 4.98 Å². The standard InChI is InChI=1S/C11H6F5NO2/c12-10(13,11(14,15)16)9(19)7-3-5-4-17-2-1-6(5)8(7)18/h1-2,4,18H,3H2. The van der Waals surface area contributed by atoms with Gasteiger partial charge in [0.05, 0.1) is 0 Å². The number of pyridine rings is 1. The fraction of sp³-hybridized carbons (Fsp3) is 0.273. The van der Waals surface area contributed by atoms with Gasteiger partial charge in [0.15, 0.2) is 0 Å². The van der Waals surface area contributed by atoms with Crippen LogP contribution in [0.3, 0.4) is 0 Å². The van der Waals surface area contributed by atoms with Crippen LogP contribution in [-0.4, -0.2) is 28.0 Å². The van der Waals surface area contributed by atoms with Crippen LogP contribution in [0, 0.1) is 0 Å². The lowest BCUT2D eigenvalue weighted by molar-refractivity contribution is -0.266. The first-order valence-corrected chi connectivity index (χ1v) is 5.01. The lowest BCUT2D eigenvalue weighted by Crippen LogP contribution is -2.45. The van der Waals surface area contributed by atoms with Crippen LogP contribution in [0.5, 0.6) is 0 Å². The summed E-state index contributed by atoms with van der Waals surface area (Å²) in [6.45, 7) is 0. The zero-order chi connectivity index (χ0) is 14.4. The summed E-state index contributed by atoms with van der Waals surface area (Å²) < 4.78 is 62.2. The zero-order valence-corrected chi connectivity index (χ0v) is 9.13. The average Bonchev–Trinajstić information content (AvgIpc) is 2.65. The molecule has 0 unspecified atom stereocenters. The molecule has 1 aromatic rings. The number of nitrogens with zero attached hydrogens (tertiary/aromatic N) is 1. The number of halogens is 5.